The summed E-state index contributed by atoms with van der Waals surface area (Å²) in [4.78, 5) is 29.7. The summed E-state index contributed by atoms with van der Waals surface area (Å²) in [5, 5.41) is 0.951. The van der Waals surface area contributed by atoms with Gasteiger partial charge in [0.05, 0.1) is 19.1 Å². The third-order valence-electron chi connectivity index (χ3n) is 6.40. The minimum absolute atomic E-state index is 0.160. The molecule has 0 N–H and O–H groups in total. The third-order valence-corrected chi connectivity index (χ3v) is 6.40. The average Bonchev–Trinajstić information content (AvgIpc) is 3.34. The van der Waals surface area contributed by atoms with Gasteiger partial charge in [0.15, 0.2) is 5.76 Å². The Morgan fingerprint density at radius 3 is 2.71 bits per heavy atom. The number of fused-ring (bicyclic) bond motifs is 4. The van der Waals surface area contributed by atoms with E-state index >= 15 is 0 Å². The maximum absolute atomic E-state index is 13.3. The summed E-state index contributed by atoms with van der Waals surface area (Å²) >= 11 is 0. The molecule has 2 aliphatic heterocycles. The van der Waals surface area contributed by atoms with Crippen LogP contribution in [0.15, 0.2) is 66.8 Å². The first-order chi connectivity index (χ1) is 16.5. The maximum Gasteiger partial charge on any atom is 0.312 e. The smallest absolute Gasteiger partial charge is 0.312 e. The van der Waals surface area contributed by atoms with Crippen LogP contribution in [0, 0.1) is 0 Å². The fourth-order valence-electron chi connectivity index (χ4n) is 4.77. The molecule has 1 atom stereocenters. The van der Waals surface area contributed by atoms with Crippen LogP contribution in [0.1, 0.15) is 39.4 Å². The highest BCUT2D eigenvalue weighted by Gasteiger charge is 2.38. The van der Waals surface area contributed by atoms with Crippen LogP contribution in [0.25, 0.3) is 17.0 Å². The van der Waals surface area contributed by atoms with Crippen molar-refractivity contribution in [1.82, 2.24) is 9.55 Å². The number of methoxy groups -OCH3 is 1. The van der Waals surface area contributed by atoms with Crippen LogP contribution in [-0.2, 0) is 11.8 Å². The van der Waals surface area contributed by atoms with E-state index in [2.05, 4.69) is 4.98 Å². The molecule has 0 fully saturated rings. The van der Waals surface area contributed by atoms with Crippen molar-refractivity contribution in [2.45, 2.75) is 12.3 Å². The van der Waals surface area contributed by atoms with Crippen molar-refractivity contribution in [3.05, 3.63) is 89.1 Å². The fourth-order valence-corrected chi connectivity index (χ4v) is 4.77. The van der Waals surface area contributed by atoms with Crippen LogP contribution < -0.4 is 14.2 Å². The zero-order chi connectivity index (χ0) is 23.4. The molecule has 2 aromatic heterocycles. The Kier molecular flexibility index (Phi) is 4.52. The summed E-state index contributed by atoms with van der Waals surface area (Å²) in [6.07, 6.45) is 7.24. The molecule has 1 unspecified atom stereocenters. The van der Waals surface area contributed by atoms with E-state index < -0.39 is 0 Å². The van der Waals surface area contributed by atoms with Gasteiger partial charge in [-0.15, -0.1) is 0 Å². The Morgan fingerprint density at radius 1 is 1.09 bits per heavy atom. The van der Waals surface area contributed by atoms with Crippen molar-refractivity contribution in [3.8, 4) is 17.2 Å². The molecule has 168 valence electrons. The number of Topliss-reactive ketones (excluding diaryl/α,β-unsaturated/α-hetero) is 1. The van der Waals surface area contributed by atoms with Crippen LogP contribution in [0.5, 0.6) is 17.2 Å². The number of hydrogen-bond acceptors (Lipinski definition) is 6. The Bertz CT molecular complexity index is 1520. The molecule has 34 heavy (non-hydrogen) atoms. The van der Waals surface area contributed by atoms with Gasteiger partial charge in [-0.05, 0) is 54.1 Å². The van der Waals surface area contributed by atoms with Gasteiger partial charge in [0.2, 0.25) is 5.78 Å². The number of ketones is 1. The van der Waals surface area contributed by atoms with Crippen LogP contribution in [0.4, 0.5) is 0 Å². The number of carbonyl (C=O) groups excluding carboxylic acids is 2. The monoisotopic (exact) mass is 452 g/mol. The highest BCUT2D eigenvalue weighted by atomic mass is 16.5. The van der Waals surface area contributed by atoms with E-state index in [1.807, 2.05) is 48.1 Å². The Morgan fingerprint density at radius 2 is 1.91 bits per heavy atom. The molecule has 0 saturated heterocycles. The lowest BCUT2D eigenvalue weighted by Gasteiger charge is -2.26. The normalized spacial score (nSPS) is 17.9. The van der Waals surface area contributed by atoms with Crippen molar-refractivity contribution < 1.29 is 23.8 Å². The van der Waals surface area contributed by atoms with Gasteiger partial charge in [-0.25, -0.2) is 0 Å². The molecule has 2 aromatic carbocycles. The Hall–Kier alpha value is -4.39. The Labute approximate surface area is 195 Å². The van der Waals surface area contributed by atoms with Crippen molar-refractivity contribution in [2.24, 2.45) is 7.05 Å². The second kappa shape index (κ2) is 7.59. The summed E-state index contributed by atoms with van der Waals surface area (Å²) in [5.41, 5.74) is 3.94. The van der Waals surface area contributed by atoms with E-state index in [9.17, 15) is 9.59 Å². The zero-order valence-electron chi connectivity index (χ0n) is 18.6. The molecule has 6 rings (SSSR count). The number of aromatic nitrogens is 2. The van der Waals surface area contributed by atoms with E-state index in [0.717, 1.165) is 27.8 Å². The quantitative estimate of drug-likeness (QED) is 0.256. The highest BCUT2D eigenvalue weighted by Crippen LogP contribution is 2.49. The van der Waals surface area contributed by atoms with Gasteiger partial charge in [-0.1, -0.05) is 0 Å². The number of pyridine rings is 1. The number of allylic oxidation sites excluding steroid dienone is 1. The molecule has 7 nitrogen and oxygen atoms in total. The lowest BCUT2D eigenvalue weighted by Crippen LogP contribution is -2.21. The first-order valence-electron chi connectivity index (χ1n) is 10.9. The summed E-state index contributed by atoms with van der Waals surface area (Å²) in [6.45, 7) is 0. The number of ether oxygens (including phenoxy) is 3. The molecular weight excluding hydrogens is 432 g/mol. The van der Waals surface area contributed by atoms with Crippen molar-refractivity contribution in [3.63, 3.8) is 0 Å². The standard InChI is InChI=1S/C27H20N2O5/c1-29-14-16(19-12-17(32-2)3-5-21(19)29)11-23-26(31)18-4-6-22-25(27(18)34-23)20(13-24(30)33-22)15-7-9-28-10-8-15/h3-12,14,20H,13H2,1-2H3. The molecule has 4 aromatic rings. The zero-order valence-corrected chi connectivity index (χ0v) is 18.6. The second-order valence-corrected chi connectivity index (χ2v) is 8.38. The van der Waals surface area contributed by atoms with Crippen LogP contribution in [-0.4, -0.2) is 28.4 Å². The van der Waals surface area contributed by atoms with E-state index in [1.165, 1.54) is 0 Å². The molecule has 0 aliphatic carbocycles. The minimum atomic E-state index is -0.320. The van der Waals surface area contributed by atoms with Crippen molar-refractivity contribution >= 4 is 28.7 Å². The van der Waals surface area contributed by atoms with Gasteiger partial charge in [-0.3, -0.25) is 14.6 Å². The number of hydrogen-bond donors (Lipinski definition) is 0. The summed E-state index contributed by atoms with van der Waals surface area (Å²) in [6, 6.07) is 12.9. The third kappa shape index (κ3) is 3.08. The van der Waals surface area contributed by atoms with Gasteiger partial charge in [0.25, 0.3) is 0 Å². The largest absolute Gasteiger partial charge is 0.497 e. The van der Waals surface area contributed by atoms with E-state index in [1.54, 1.807) is 37.7 Å². The van der Waals surface area contributed by atoms with Gasteiger partial charge < -0.3 is 18.8 Å². The molecule has 7 heteroatoms. The topological polar surface area (TPSA) is 79.7 Å². The number of nitrogens with zero attached hydrogens (tertiary/aromatic N) is 2. The molecular formula is C27H20N2O5. The number of carbonyl (C=O) groups is 2. The van der Waals surface area contributed by atoms with Crippen molar-refractivity contribution in [1.29, 1.82) is 0 Å². The minimum Gasteiger partial charge on any atom is -0.497 e. The number of benzene rings is 2. The van der Waals surface area contributed by atoms with Gasteiger partial charge >= 0.3 is 5.97 Å². The van der Waals surface area contributed by atoms with Crippen LogP contribution >= 0.6 is 0 Å². The van der Waals surface area contributed by atoms with Gasteiger partial charge in [0, 0.05) is 53.6 Å². The molecule has 4 heterocycles. The highest BCUT2D eigenvalue weighted by molar-refractivity contribution is 6.15. The van der Waals surface area contributed by atoms with E-state index in [-0.39, 0.29) is 29.9 Å². The molecule has 0 bridgehead atoms. The van der Waals surface area contributed by atoms with Crippen molar-refractivity contribution in [2.75, 3.05) is 7.11 Å². The predicted molar refractivity (Wildman–Crippen MR) is 125 cm³/mol. The number of esters is 1. The fraction of sp³-hybridized carbons (Fsp3) is 0.148. The predicted octanol–water partition coefficient (Wildman–Crippen LogP) is 4.64. The van der Waals surface area contributed by atoms with E-state index in [0.29, 0.717) is 22.6 Å². The first kappa shape index (κ1) is 20.2. The maximum atomic E-state index is 13.3. The summed E-state index contributed by atoms with van der Waals surface area (Å²) in [5.74, 6) is 1.01. The summed E-state index contributed by atoms with van der Waals surface area (Å²) < 4.78 is 19.1. The molecule has 0 saturated carbocycles. The van der Waals surface area contributed by atoms with Gasteiger partial charge in [-0.2, -0.15) is 0 Å². The van der Waals surface area contributed by atoms with E-state index in [4.69, 9.17) is 14.2 Å². The summed E-state index contributed by atoms with van der Waals surface area (Å²) in [7, 11) is 3.57. The lowest BCUT2D eigenvalue weighted by atomic mass is 9.85. The number of aryl methyl sites for hydroxylation is 1. The number of rotatable bonds is 3. The van der Waals surface area contributed by atoms with Crippen LogP contribution in [0.3, 0.4) is 0 Å². The molecule has 2 aliphatic rings. The van der Waals surface area contributed by atoms with Crippen LogP contribution in [0.2, 0.25) is 0 Å². The second-order valence-electron chi connectivity index (χ2n) is 8.38. The molecule has 0 amide bonds. The lowest BCUT2D eigenvalue weighted by molar-refractivity contribution is -0.135. The first-order valence-corrected chi connectivity index (χ1v) is 10.9. The van der Waals surface area contributed by atoms with Gasteiger partial charge in [0.1, 0.15) is 17.2 Å². The average molecular weight is 452 g/mol. The SMILES string of the molecule is COc1ccc2c(c1)c(C=C1Oc3c(ccc4c3C(c3ccncc3)CC(=O)O4)C1=O)cn2C. The molecule has 0 radical (unpaired) electrons. The Balaban J connectivity index is 1.47. The molecule has 0 spiro atoms.